The predicted octanol–water partition coefficient (Wildman–Crippen LogP) is 1.26. The Morgan fingerprint density at radius 3 is 2.31 bits per heavy atom. The van der Waals surface area contributed by atoms with E-state index in [-0.39, 0.29) is 42.2 Å². The molecule has 1 aromatic heterocycles. The first kappa shape index (κ1) is 38.4. The van der Waals surface area contributed by atoms with Crippen molar-refractivity contribution in [3.05, 3.63) is 41.7 Å². The van der Waals surface area contributed by atoms with Crippen molar-refractivity contribution in [2.24, 2.45) is 11.7 Å². The maximum absolute atomic E-state index is 14.7. The lowest BCUT2D eigenvalue weighted by Gasteiger charge is -2.37. The number of primary amides is 1. The number of carbonyl (C=O) groups excluding carboxylic acids is 5. The molecule has 15 nitrogen and oxygen atoms in total. The Kier molecular flexibility index (Phi) is 11.6. The van der Waals surface area contributed by atoms with Gasteiger partial charge in [0.15, 0.2) is 9.84 Å². The molecular weight excluding hydrogens is 699 g/mol. The molecule has 1 unspecified atom stereocenters. The number of amides is 4. The van der Waals surface area contributed by atoms with Gasteiger partial charge in [0.25, 0.3) is 11.8 Å². The Bertz CT molecular complexity index is 1740. The molecule has 2 aromatic rings. The number of sulfone groups is 1. The van der Waals surface area contributed by atoms with Crippen LogP contribution in [-0.4, -0.2) is 105 Å². The van der Waals surface area contributed by atoms with Crippen LogP contribution in [0.3, 0.4) is 0 Å². The van der Waals surface area contributed by atoms with Gasteiger partial charge in [-0.25, -0.2) is 13.1 Å². The van der Waals surface area contributed by atoms with E-state index in [0.717, 1.165) is 38.4 Å². The normalized spacial score (nSPS) is 21.8. The molecule has 0 spiro atoms. The van der Waals surface area contributed by atoms with Crippen LogP contribution in [0.15, 0.2) is 35.4 Å². The number of thioether (sulfide) groups is 1. The Morgan fingerprint density at radius 2 is 1.73 bits per heavy atom. The van der Waals surface area contributed by atoms with Crippen LogP contribution in [-0.2, 0) is 34.6 Å². The number of likely N-dealkylation sites (tertiary alicyclic amines) is 1. The van der Waals surface area contributed by atoms with Gasteiger partial charge in [0.1, 0.15) is 23.2 Å². The monoisotopic (exact) mass is 745 g/mol. The molecule has 1 saturated carbocycles. The number of nitrogens with one attached hydrogen (secondary N) is 2. The number of hydrogen-bond acceptors (Lipinski definition) is 11. The smallest absolute Gasteiger partial charge is 0.287 e. The van der Waals surface area contributed by atoms with Crippen molar-refractivity contribution in [1.82, 2.24) is 30.5 Å². The molecule has 3 heterocycles. The van der Waals surface area contributed by atoms with E-state index in [9.17, 15) is 37.5 Å². The fraction of sp³-hybridized carbons (Fsp3) is 0.618. The summed E-state index contributed by atoms with van der Waals surface area (Å²) in [5, 5.41) is 24.7. The highest BCUT2D eigenvalue weighted by molar-refractivity contribution is 7.99. The molecule has 2 saturated heterocycles. The predicted molar refractivity (Wildman–Crippen MR) is 188 cm³/mol. The van der Waals surface area contributed by atoms with Gasteiger partial charge in [-0.2, -0.15) is 11.8 Å². The molecule has 17 heteroatoms. The van der Waals surface area contributed by atoms with E-state index < -0.39 is 68.5 Å². The molecule has 4 amide bonds. The number of aliphatic hydroxyl groups is 1. The number of nitrogens with two attached hydrogens (primary N) is 1. The molecule has 278 valence electrons. The Morgan fingerprint density at radius 1 is 1.08 bits per heavy atom. The quantitative estimate of drug-likeness (QED) is 0.226. The molecule has 2 aliphatic heterocycles. The molecule has 5 rings (SSSR count). The zero-order valence-electron chi connectivity index (χ0n) is 29.2. The Balaban J connectivity index is 1.48. The molecule has 3 atom stereocenters. The summed E-state index contributed by atoms with van der Waals surface area (Å²) in [4.78, 5) is 69.3. The number of benzene rings is 1. The number of rotatable bonds is 12. The zero-order valence-corrected chi connectivity index (χ0v) is 30.8. The second-order valence-electron chi connectivity index (χ2n) is 14.5. The van der Waals surface area contributed by atoms with Gasteiger partial charge in [-0.1, -0.05) is 37.3 Å². The molecule has 0 bridgehead atoms. The summed E-state index contributed by atoms with van der Waals surface area (Å²) in [6, 6.07) is 2.66. The summed E-state index contributed by atoms with van der Waals surface area (Å²) in [6.45, 7) is 3.13. The fourth-order valence-corrected chi connectivity index (χ4v) is 9.21. The minimum absolute atomic E-state index is 0.0178. The minimum atomic E-state index is -3.49. The minimum Gasteiger partial charge on any atom is -0.384 e. The zero-order chi connectivity index (χ0) is 37.1. The first-order valence-corrected chi connectivity index (χ1v) is 20.3. The van der Waals surface area contributed by atoms with E-state index in [1.807, 2.05) is 0 Å². The fourth-order valence-electron chi connectivity index (χ4n) is 7.39. The highest BCUT2D eigenvalue weighted by atomic mass is 32.2. The molecule has 1 aromatic carbocycles. The van der Waals surface area contributed by atoms with Gasteiger partial charge < -0.3 is 26.4 Å². The van der Waals surface area contributed by atoms with Gasteiger partial charge in [0.2, 0.25) is 17.6 Å². The second-order valence-corrected chi connectivity index (χ2v) is 17.7. The van der Waals surface area contributed by atoms with Gasteiger partial charge in [0, 0.05) is 24.8 Å². The average molecular weight is 746 g/mol. The van der Waals surface area contributed by atoms with Crippen LogP contribution in [0.4, 0.5) is 0 Å². The maximum Gasteiger partial charge on any atom is 0.287 e. The summed E-state index contributed by atoms with van der Waals surface area (Å²) in [7, 11) is -3.49. The van der Waals surface area contributed by atoms with E-state index in [2.05, 4.69) is 20.9 Å². The van der Waals surface area contributed by atoms with Crippen LogP contribution in [0.5, 0.6) is 0 Å². The van der Waals surface area contributed by atoms with Crippen LogP contribution in [0.1, 0.15) is 93.7 Å². The van der Waals surface area contributed by atoms with E-state index in [0.29, 0.717) is 23.6 Å². The number of nitrogens with zero attached hydrogens (tertiary/aromatic N) is 4. The van der Waals surface area contributed by atoms with Crippen LogP contribution < -0.4 is 16.4 Å². The van der Waals surface area contributed by atoms with Gasteiger partial charge in [0.05, 0.1) is 22.8 Å². The number of ketones is 1. The van der Waals surface area contributed by atoms with Crippen molar-refractivity contribution >= 4 is 51.0 Å². The number of hydrogen-bond donors (Lipinski definition) is 4. The summed E-state index contributed by atoms with van der Waals surface area (Å²) in [5.41, 5.74) is 3.10. The van der Waals surface area contributed by atoms with Gasteiger partial charge in [-0.05, 0) is 74.8 Å². The van der Waals surface area contributed by atoms with Crippen molar-refractivity contribution in [3.63, 3.8) is 0 Å². The van der Waals surface area contributed by atoms with Crippen LogP contribution in [0, 0.1) is 5.92 Å². The molecule has 5 N–H and O–H groups in total. The average Bonchev–Trinajstić information content (AvgIpc) is 3.76. The van der Waals surface area contributed by atoms with E-state index in [1.54, 1.807) is 25.6 Å². The topological polar surface area (TPSA) is 224 Å². The summed E-state index contributed by atoms with van der Waals surface area (Å²) < 4.78 is 25.5. The first-order chi connectivity index (χ1) is 24.0. The lowest BCUT2D eigenvalue weighted by Crippen LogP contribution is -2.63. The summed E-state index contributed by atoms with van der Waals surface area (Å²) >= 11 is 1.59. The standard InChI is InChI=1S/C34H47N7O8S2/c1-33(2,47)27-19-36-39-41(27)23-18-26(31(45)38-34(28(42)29(35)43)13-15-50-16-14-34)40(20-23)32(46)25(17-21-7-5-4-6-8-21)37-30(44)22-9-11-24(12-10-22)51(3,48)49/h9-12,19,21,23,25-26,47H,4-8,13-18,20H2,1-3H3,(H2,35,43)(H,37,44)(H,38,45)/t23-,25?,26-/m0/s1. The van der Waals surface area contributed by atoms with Crippen LogP contribution >= 0.6 is 11.8 Å². The van der Waals surface area contributed by atoms with Crippen molar-refractivity contribution in [2.45, 2.75) is 106 Å². The lowest BCUT2D eigenvalue weighted by molar-refractivity contribution is -0.145. The van der Waals surface area contributed by atoms with E-state index >= 15 is 0 Å². The first-order valence-electron chi connectivity index (χ1n) is 17.3. The van der Waals surface area contributed by atoms with Crippen molar-refractivity contribution in [3.8, 4) is 0 Å². The van der Waals surface area contributed by atoms with E-state index in [1.165, 1.54) is 40.0 Å². The lowest BCUT2D eigenvalue weighted by atomic mass is 9.84. The molecule has 51 heavy (non-hydrogen) atoms. The molecule has 1 aliphatic carbocycles. The maximum atomic E-state index is 14.7. The van der Waals surface area contributed by atoms with Crippen LogP contribution in [0.2, 0.25) is 0 Å². The summed E-state index contributed by atoms with van der Waals surface area (Å²) in [5.74, 6) is -2.61. The number of aromatic nitrogens is 3. The Labute approximate surface area is 301 Å². The second kappa shape index (κ2) is 15.4. The third kappa shape index (κ3) is 8.80. The third-order valence-corrected chi connectivity index (χ3v) is 12.3. The Hall–Kier alpha value is -3.83. The van der Waals surface area contributed by atoms with E-state index in [4.69, 9.17) is 5.73 Å². The molecular formula is C34H47N7O8S2. The van der Waals surface area contributed by atoms with Crippen molar-refractivity contribution in [1.29, 1.82) is 0 Å². The van der Waals surface area contributed by atoms with Gasteiger partial charge >= 0.3 is 0 Å². The van der Waals surface area contributed by atoms with Crippen LogP contribution in [0.25, 0.3) is 0 Å². The number of Topliss-reactive ketones (excluding diaryl/α,β-unsaturated/α-hetero) is 1. The SMILES string of the molecule is CC(C)(O)c1cnnn1[C@H]1C[C@@H](C(=O)NC2(C(=O)C(N)=O)CCSCC2)N(C(=O)C(CC2CCCCC2)NC(=O)c2ccc(S(C)(=O)=O)cc2)C1. The summed E-state index contributed by atoms with van der Waals surface area (Å²) in [6.07, 6.45) is 8.05. The largest absolute Gasteiger partial charge is 0.384 e. The molecule has 3 aliphatic rings. The molecule has 0 radical (unpaired) electrons. The highest BCUT2D eigenvalue weighted by Gasteiger charge is 2.49. The molecule has 3 fully saturated rings. The van der Waals surface area contributed by atoms with Gasteiger partial charge in [-0.3, -0.25) is 24.0 Å². The number of carbonyl (C=O) groups is 5. The third-order valence-electron chi connectivity index (χ3n) is 10.2. The van der Waals surface area contributed by atoms with Crippen molar-refractivity contribution < 1.29 is 37.5 Å². The highest BCUT2D eigenvalue weighted by Crippen LogP contribution is 2.35. The van der Waals surface area contributed by atoms with Crippen molar-refractivity contribution in [2.75, 3.05) is 24.3 Å². The van der Waals surface area contributed by atoms with Gasteiger partial charge in [-0.15, -0.1) is 5.10 Å².